The number of carbonyl (C=O) groups excluding carboxylic acids is 2. The molecule has 0 atom stereocenters. The van der Waals surface area contributed by atoms with Crippen molar-refractivity contribution in [2.24, 2.45) is 0 Å². The maximum Gasteiger partial charge on any atom is 0.356 e. The molecular formula is C12H11I2NO4. The van der Waals surface area contributed by atoms with Crippen LogP contribution < -0.4 is 10.1 Å². The first-order valence-corrected chi connectivity index (χ1v) is 7.24. The molecule has 1 rings (SSSR count). The van der Waals surface area contributed by atoms with Crippen molar-refractivity contribution in [2.75, 3.05) is 14.2 Å². The van der Waals surface area contributed by atoms with Crippen molar-refractivity contribution in [3.05, 3.63) is 37.1 Å². The number of carbonyl (C=O) groups is 2. The number of esters is 1. The number of nitrogens with one attached hydrogen (secondary N) is 1. The zero-order chi connectivity index (χ0) is 14.4. The van der Waals surface area contributed by atoms with E-state index in [-0.39, 0.29) is 11.6 Å². The summed E-state index contributed by atoms with van der Waals surface area (Å²) in [6.07, 6.45) is 0. The molecular weight excluding hydrogens is 476 g/mol. The topological polar surface area (TPSA) is 64.6 Å². The number of halogens is 2. The van der Waals surface area contributed by atoms with Gasteiger partial charge >= 0.3 is 5.97 Å². The first-order valence-electron chi connectivity index (χ1n) is 5.08. The molecule has 0 aliphatic rings. The Labute approximate surface area is 138 Å². The minimum Gasteiger partial charge on any atom is -0.497 e. The van der Waals surface area contributed by atoms with E-state index < -0.39 is 5.97 Å². The molecule has 0 saturated carbocycles. The van der Waals surface area contributed by atoms with E-state index in [0.29, 0.717) is 12.9 Å². The predicted molar refractivity (Wildman–Crippen MR) is 87.5 cm³/mol. The van der Waals surface area contributed by atoms with Crippen molar-refractivity contribution in [3.8, 4) is 5.75 Å². The normalized spacial score (nSPS) is 9.47. The van der Waals surface area contributed by atoms with Gasteiger partial charge in [-0.3, -0.25) is 4.79 Å². The van der Waals surface area contributed by atoms with Gasteiger partial charge in [0.2, 0.25) is 0 Å². The second-order valence-corrected chi connectivity index (χ2v) is 7.53. The Hall–Kier alpha value is -0.840. The molecule has 102 valence electrons. The number of amides is 1. The highest BCUT2D eigenvalue weighted by Gasteiger charge is 2.17. The zero-order valence-electron chi connectivity index (χ0n) is 10.2. The van der Waals surface area contributed by atoms with Gasteiger partial charge in [0.1, 0.15) is 11.4 Å². The number of rotatable bonds is 4. The largest absolute Gasteiger partial charge is 0.497 e. The van der Waals surface area contributed by atoms with Gasteiger partial charge in [-0.1, -0.05) is 0 Å². The lowest BCUT2D eigenvalue weighted by atomic mass is 10.2. The molecule has 0 aliphatic heterocycles. The summed E-state index contributed by atoms with van der Waals surface area (Å²) in [4.78, 5) is 23.5. The molecule has 7 heteroatoms. The van der Waals surface area contributed by atoms with Gasteiger partial charge in [0.05, 0.1) is 15.8 Å². The molecule has 19 heavy (non-hydrogen) atoms. The van der Waals surface area contributed by atoms with Crippen molar-refractivity contribution >= 4 is 57.1 Å². The molecule has 0 saturated heterocycles. The van der Waals surface area contributed by atoms with Crippen LogP contribution in [0.5, 0.6) is 5.75 Å². The van der Waals surface area contributed by atoms with E-state index in [9.17, 15) is 9.59 Å². The summed E-state index contributed by atoms with van der Waals surface area (Å²) in [5.74, 6) is -0.307. The van der Waals surface area contributed by atoms with Crippen molar-refractivity contribution in [1.29, 1.82) is 0 Å². The average molecular weight is 487 g/mol. The zero-order valence-corrected chi connectivity index (χ0v) is 14.5. The molecule has 5 nitrogen and oxygen atoms in total. The second kappa shape index (κ2) is 7.68. The average Bonchev–Trinajstić information content (AvgIpc) is 2.43. The van der Waals surface area contributed by atoms with E-state index >= 15 is 0 Å². The fourth-order valence-corrected chi connectivity index (χ4v) is 1.92. The van der Waals surface area contributed by atoms with Crippen LogP contribution in [-0.4, -0.2) is 26.1 Å². The standard InChI is InChI=1S/C12H11I2NO4/c1-18-8-5-3-7(4-6-8)11(16)15-9(10(13)14)12(17)19-2/h3-6H,1-2H3,(H,15,16). The van der Waals surface area contributed by atoms with E-state index in [1.54, 1.807) is 31.4 Å². The van der Waals surface area contributed by atoms with Crippen LogP contribution in [0.3, 0.4) is 0 Å². The van der Waals surface area contributed by atoms with Gasteiger partial charge in [0, 0.05) is 5.56 Å². The van der Waals surface area contributed by atoms with E-state index in [4.69, 9.17) is 4.74 Å². The third-order valence-electron chi connectivity index (χ3n) is 2.17. The molecule has 0 aromatic heterocycles. The molecule has 1 N–H and O–H groups in total. The van der Waals surface area contributed by atoms with Gasteiger partial charge in [0.15, 0.2) is 0 Å². The van der Waals surface area contributed by atoms with Gasteiger partial charge in [-0.2, -0.15) is 0 Å². The van der Waals surface area contributed by atoms with Crippen LogP contribution >= 0.6 is 45.2 Å². The third-order valence-corrected chi connectivity index (χ3v) is 3.25. The van der Waals surface area contributed by atoms with Crippen LogP contribution in [0.4, 0.5) is 0 Å². The summed E-state index contributed by atoms with van der Waals surface area (Å²) < 4.78 is 10.2. The predicted octanol–water partition coefficient (Wildman–Crippen LogP) is 2.64. The minimum absolute atomic E-state index is 0.129. The van der Waals surface area contributed by atoms with Crippen molar-refractivity contribution in [3.63, 3.8) is 0 Å². The summed E-state index contributed by atoms with van der Waals surface area (Å²) >= 11 is 3.88. The lowest BCUT2D eigenvalue weighted by Crippen LogP contribution is -2.28. The molecule has 0 radical (unpaired) electrons. The highest BCUT2D eigenvalue weighted by atomic mass is 127. The number of methoxy groups -OCH3 is 2. The SMILES string of the molecule is COC(=O)C(NC(=O)c1ccc(OC)cc1)=C(I)I. The van der Waals surface area contributed by atoms with E-state index in [2.05, 4.69) is 10.1 Å². The van der Waals surface area contributed by atoms with Crippen LogP contribution in [0, 0.1) is 0 Å². The second-order valence-electron chi connectivity index (χ2n) is 3.31. The Bertz CT molecular complexity index is 507. The summed E-state index contributed by atoms with van der Waals surface area (Å²) in [7, 11) is 2.81. The Morgan fingerprint density at radius 2 is 1.68 bits per heavy atom. The van der Waals surface area contributed by atoms with Crippen LogP contribution in [0.1, 0.15) is 10.4 Å². The van der Waals surface area contributed by atoms with Crippen LogP contribution in [0.15, 0.2) is 31.5 Å². The van der Waals surface area contributed by atoms with Crippen molar-refractivity contribution < 1.29 is 19.1 Å². The van der Waals surface area contributed by atoms with Crippen molar-refractivity contribution in [2.45, 2.75) is 0 Å². The first-order chi connectivity index (χ1) is 8.99. The fraction of sp³-hybridized carbons (Fsp3) is 0.167. The number of hydrogen-bond acceptors (Lipinski definition) is 4. The van der Waals surface area contributed by atoms with Gasteiger partial charge < -0.3 is 14.8 Å². The van der Waals surface area contributed by atoms with Gasteiger partial charge in [-0.25, -0.2) is 4.79 Å². The molecule has 0 fully saturated rings. The smallest absolute Gasteiger partial charge is 0.356 e. The maximum atomic E-state index is 12.0. The third kappa shape index (κ3) is 4.64. The summed E-state index contributed by atoms with van der Waals surface area (Å²) in [6, 6.07) is 6.57. The fourth-order valence-electron chi connectivity index (χ4n) is 1.21. The Morgan fingerprint density at radius 3 is 2.11 bits per heavy atom. The Kier molecular flexibility index (Phi) is 6.55. The van der Waals surface area contributed by atoms with E-state index in [1.165, 1.54) is 7.11 Å². The van der Waals surface area contributed by atoms with E-state index in [0.717, 1.165) is 0 Å². The van der Waals surface area contributed by atoms with Crippen LogP contribution in [-0.2, 0) is 9.53 Å². The summed E-state index contributed by atoms with van der Waals surface area (Å²) in [5, 5.41) is 2.53. The summed E-state index contributed by atoms with van der Waals surface area (Å²) in [6.45, 7) is 0. The molecule has 0 unspecified atom stereocenters. The number of benzene rings is 1. The van der Waals surface area contributed by atoms with Crippen LogP contribution in [0.2, 0.25) is 0 Å². The molecule has 0 aliphatic carbocycles. The number of hydrogen-bond donors (Lipinski definition) is 1. The molecule has 1 aromatic rings. The lowest BCUT2D eigenvalue weighted by molar-refractivity contribution is -0.136. The lowest BCUT2D eigenvalue weighted by Gasteiger charge is -2.09. The van der Waals surface area contributed by atoms with Crippen molar-refractivity contribution in [1.82, 2.24) is 5.32 Å². The highest BCUT2D eigenvalue weighted by molar-refractivity contribution is 14.2. The highest BCUT2D eigenvalue weighted by Crippen LogP contribution is 2.20. The Morgan fingerprint density at radius 1 is 1.11 bits per heavy atom. The summed E-state index contributed by atoms with van der Waals surface area (Å²) in [5.41, 5.74) is 0.556. The van der Waals surface area contributed by atoms with Gasteiger partial charge in [-0.05, 0) is 69.4 Å². The Balaban J connectivity index is 2.88. The molecule has 0 bridgehead atoms. The molecule has 1 aromatic carbocycles. The minimum atomic E-state index is -0.583. The molecule has 1 amide bonds. The molecule has 0 spiro atoms. The molecule has 0 heterocycles. The number of ether oxygens (including phenoxy) is 2. The van der Waals surface area contributed by atoms with E-state index in [1.807, 2.05) is 45.2 Å². The van der Waals surface area contributed by atoms with Crippen LogP contribution in [0.25, 0.3) is 0 Å². The first kappa shape index (κ1) is 16.2. The maximum absolute atomic E-state index is 12.0. The monoisotopic (exact) mass is 487 g/mol. The quantitative estimate of drug-likeness (QED) is 0.404. The van der Waals surface area contributed by atoms with Gasteiger partial charge in [-0.15, -0.1) is 0 Å². The van der Waals surface area contributed by atoms with Gasteiger partial charge in [0.25, 0.3) is 5.91 Å².